The molecule has 1 fully saturated rings. The molecule has 1 aliphatic rings. The number of benzene rings is 2. The highest BCUT2D eigenvalue weighted by atomic mass is 35.5. The molecule has 7 heteroatoms. The molecule has 23 heavy (non-hydrogen) atoms. The number of rotatable bonds is 2. The predicted octanol–water partition coefficient (Wildman–Crippen LogP) is 5.54. The van der Waals surface area contributed by atoms with E-state index in [4.69, 9.17) is 35.4 Å². The lowest BCUT2D eigenvalue weighted by Gasteiger charge is -2.16. The van der Waals surface area contributed by atoms with Crippen molar-refractivity contribution in [3.63, 3.8) is 0 Å². The van der Waals surface area contributed by atoms with Crippen molar-refractivity contribution < 1.29 is 9.18 Å². The van der Waals surface area contributed by atoms with Gasteiger partial charge in [0.05, 0.1) is 15.6 Å². The molecule has 0 bridgehead atoms. The predicted molar refractivity (Wildman–Crippen MR) is 98.5 cm³/mol. The molecule has 0 N–H and O–H groups in total. The summed E-state index contributed by atoms with van der Waals surface area (Å²) < 4.78 is 13.3. The molecule has 116 valence electrons. The van der Waals surface area contributed by atoms with Crippen LogP contribution < -0.4 is 4.90 Å². The summed E-state index contributed by atoms with van der Waals surface area (Å²) in [6.45, 7) is 0. The summed E-state index contributed by atoms with van der Waals surface area (Å²) >= 11 is 18.5. The van der Waals surface area contributed by atoms with Crippen LogP contribution in [-0.4, -0.2) is 10.2 Å². The van der Waals surface area contributed by atoms with Gasteiger partial charge < -0.3 is 0 Å². The number of thioether (sulfide) groups is 1. The molecule has 0 spiro atoms. The highest BCUT2D eigenvalue weighted by Crippen LogP contribution is 2.39. The second kappa shape index (κ2) is 6.61. The van der Waals surface area contributed by atoms with Crippen molar-refractivity contribution in [1.82, 2.24) is 0 Å². The number of hydrogen-bond donors (Lipinski definition) is 0. The monoisotopic (exact) mass is 383 g/mol. The normalized spacial score (nSPS) is 16.5. The number of amides is 1. The number of hydrogen-bond acceptors (Lipinski definition) is 3. The summed E-state index contributed by atoms with van der Waals surface area (Å²) in [5, 5.41) is 0.822. The van der Waals surface area contributed by atoms with E-state index in [2.05, 4.69) is 0 Å². The molecular formula is C16H8Cl2FNOS2. The van der Waals surface area contributed by atoms with Crippen molar-refractivity contribution in [2.75, 3.05) is 4.90 Å². The summed E-state index contributed by atoms with van der Waals surface area (Å²) in [6.07, 6.45) is 1.67. The van der Waals surface area contributed by atoms with E-state index in [1.807, 2.05) is 0 Å². The number of anilines is 1. The Morgan fingerprint density at radius 1 is 1.13 bits per heavy atom. The van der Waals surface area contributed by atoms with Gasteiger partial charge in [-0.1, -0.05) is 59.3 Å². The second-order valence-corrected chi connectivity index (χ2v) is 7.18. The molecule has 2 nitrogen and oxygen atoms in total. The van der Waals surface area contributed by atoms with Crippen LogP contribution in [0.15, 0.2) is 47.4 Å². The second-order valence-electron chi connectivity index (χ2n) is 4.66. The van der Waals surface area contributed by atoms with Crippen LogP contribution in [0.2, 0.25) is 10.0 Å². The van der Waals surface area contributed by atoms with Gasteiger partial charge in [0, 0.05) is 5.02 Å². The van der Waals surface area contributed by atoms with Gasteiger partial charge in [-0.15, -0.1) is 0 Å². The van der Waals surface area contributed by atoms with Crippen LogP contribution in [0, 0.1) is 5.82 Å². The van der Waals surface area contributed by atoms with E-state index in [1.165, 1.54) is 28.8 Å². The lowest BCUT2D eigenvalue weighted by molar-refractivity contribution is -0.113. The Morgan fingerprint density at radius 3 is 2.48 bits per heavy atom. The van der Waals surface area contributed by atoms with E-state index in [-0.39, 0.29) is 11.7 Å². The van der Waals surface area contributed by atoms with E-state index in [1.54, 1.807) is 36.4 Å². The average molecular weight is 384 g/mol. The zero-order valence-electron chi connectivity index (χ0n) is 11.4. The van der Waals surface area contributed by atoms with E-state index in [0.29, 0.717) is 30.5 Å². The highest BCUT2D eigenvalue weighted by Gasteiger charge is 2.34. The fourth-order valence-electron chi connectivity index (χ4n) is 2.05. The van der Waals surface area contributed by atoms with Gasteiger partial charge in [-0.05, 0) is 42.0 Å². The Morgan fingerprint density at radius 2 is 1.83 bits per heavy atom. The third-order valence-electron chi connectivity index (χ3n) is 3.11. The summed E-state index contributed by atoms with van der Waals surface area (Å²) in [5.74, 6) is -0.601. The summed E-state index contributed by atoms with van der Waals surface area (Å²) in [7, 11) is 0. The number of carbonyl (C=O) groups is 1. The summed E-state index contributed by atoms with van der Waals surface area (Å²) in [5.41, 5.74) is 1.20. The van der Waals surface area contributed by atoms with Gasteiger partial charge in [-0.3, -0.25) is 9.69 Å². The van der Waals surface area contributed by atoms with Crippen LogP contribution in [0.4, 0.5) is 10.1 Å². The van der Waals surface area contributed by atoms with Crippen LogP contribution in [-0.2, 0) is 4.79 Å². The average Bonchev–Trinajstić information content (AvgIpc) is 2.77. The smallest absolute Gasteiger partial charge is 0.268 e. The largest absolute Gasteiger partial charge is 0.270 e. The Labute approximate surface area is 151 Å². The molecule has 1 amide bonds. The first kappa shape index (κ1) is 16.5. The molecule has 0 atom stereocenters. The lowest BCUT2D eigenvalue weighted by atomic mass is 10.2. The number of nitrogens with zero attached hydrogens (tertiary/aromatic N) is 1. The van der Waals surface area contributed by atoms with Crippen LogP contribution in [0.5, 0.6) is 0 Å². The minimum Gasteiger partial charge on any atom is -0.268 e. The van der Waals surface area contributed by atoms with E-state index < -0.39 is 0 Å². The van der Waals surface area contributed by atoms with Crippen LogP contribution in [0.1, 0.15) is 5.56 Å². The number of halogens is 3. The van der Waals surface area contributed by atoms with E-state index in [9.17, 15) is 9.18 Å². The Bertz CT molecular complexity index is 836. The summed E-state index contributed by atoms with van der Waals surface area (Å²) in [4.78, 5) is 14.4. The lowest BCUT2D eigenvalue weighted by Crippen LogP contribution is -2.27. The van der Waals surface area contributed by atoms with Gasteiger partial charge in [-0.2, -0.15) is 0 Å². The molecule has 0 aliphatic carbocycles. The highest BCUT2D eigenvalue weighted by molar-refractivity contribution is 8.27. The van der Waals surface area contributed by atoms with Crippen molar-refractivity contribution in [2.45, 2.75) is 0 Å². The molecule has 0 radical (unpaired) electrons. The Kier molecular flexibility index (Phi) is 4.73. The third-order valence-corrected chi connectivity index (χ3v) is 4.95. The fourth-order valence-corrected chi connectivity index (χ4v) is 3.83. The van der Waals surface area contributed by atoms with Crippen molar-refractivity contribution in [2.24, 2.45) is 0 Å². The van der Waals surface area contributed by atoms with Gasteiger partial charge in [-0.25, -0.2) is 4.39 Å². The molecule has 2 aromatic carbocycles. The van der Waals surface area contributed by atoms with E-state index in [0.717, 1.165) is 0 Å². The maximum atomic E-state index is 13.0. The first-order valence-corrected chi connectivity index (χ1v) is 8.42. The fraction of sp³-hybridized carbons (Fsp3) is 0. The molecular weight excluding hydrogens is 376 g/mol. The maximum Gasteiger partial charge on any atom is 0.270 e. The zero-order valence-corrected chi connectivity index (χ0v) is 14.6. The standard InChI is InChI=1S/C16H8Cl2FNOS2/c17-10-3-6-13(12(18)8-10)20-15(21)14(23-16(20)22)7-9-1-4-11(19)5-2-9/h1-8H/b14-7-. The zero-order chi connectivity index (χ0) is 16.6. The maximum absolute atomic E-state index is 13.0. The number of carbonyl (C=O) groups excluding carboxylic acids is 1. The number of thiocarbonyl (C=S) groups is 1. The molecule has 1 saturated heterocycles. The first-order chi connectivity index (χ1) is 11.0. The minimum atomic E-state index is -0.331. The van der Waals surface area contributed by atoms with Crippen LogP contribution in [0.25, 0.3) is 6.08 Å². The molecule has 1 aliphatic heterocycles. The Hall–Kier alpha value is -1.40. The van der Waals surface area contributed by atoms with Crippen molar-refractivity contribution in [3.8, 4) is 0 Å². The van der Waals surface area contributed by atoms with Gasteiger partial charge in [0.2, 0.25) is 0 Å². The molecule has 0 saturated carbocycles. The molecule has 0 unspecified atom stereocenters. The van der Waals surface area contributed by atoms with Crippen molar-refractivity contribution in [3.05, 3.63) is 68.8 Å². The molecule has 3 rings (SSSR count). The first-order valence-electron chi connectivity index (χ1n) is 6.44. The Balaban J connectivity index is 1.95. The van der Waals surface area contributed by atoms with Gasteiger partial charge >= 0.3 is 0 Å². The van der Waals surface area contributed by atoms with Crippen LogP contribution >= 0.6 is 47.2 Å². The summed E-state index contributed by atoms with van der Waals surface area (Å²) in [6, 6.07) is 10.7. The SMILES string of the molecule is O=C1/C(=C/c2ccc(F)cc2)SC(=S)N1c1ccc(Cl)cc1Cl. The van der Waals surface area contributed by atoms with Crippen LogP contribution in [0.3, 0.4) is 0 Å². The van der Waals surface area contributed by atoms with Gasteiger partial charge in [0.1, 0.15) is 5.82 Å². The van der Waals surface area contributed by atoms with Crippen molar-refractivity contribution in [1.29, 1.82) is 0 Å². The third kappa shape index (κ3) is 3.43. The van der Waals surface area contributed by atoms with E-state index >= 15 is 0 Å². The molecule has 0 aromatic heterocycles. The van der Waals surface area contributed by atoms with Gasteiger partial charge in [0.25, 0.3) is 5.91 Å². The molecule has 2 aromatic rings. The quantitative estimate of drug-likeness (QED) is 0.501. The topological polar surface area (TPSA) is 20.3 Å². The van der Waals surface area contributed by atoms with Crippen molar-refractivity contribution >= 4 is 69.2 Å². The minimum absolute atomic E-state index is 0.270. The van der Waals surface area contributed by atoms with Gasteiger partial charge in [0.15, 0.2) is 4.32 Å². The molecule has 1 heterocycles.